The summed E-state index contributed by atoms with van der Waals surface area (Å²) in [6.45, 7) is 0. The number of nitro benzene ring substituents is 1. The summed E-state index contributed by atoms with van der Waals surface area (Å²) in [7, 11) is 0. The van der Waals surface area contributed by atoms with Gasteiger partial charge in [0.05, 0.1) is 16.1 Å². The van der Waals surface area contributed by atoms with Gasteiger partial charge in [-0.15, -0.1) is 0 Å². The van der Waals surface area contributed by atoms with Crippen molar-refractivity contribution in [2.75, 3.05) is 0 Å². The monoisotopic (exact) mass is 351 g/mol. The molecular formula is C14H7F6NO3. The van der Waals surface area contributed by atoms with Gasteiger partial charge in [-0.2, -0.15) is 26.3 Å². The number of nitrogens with zero attached hydrogens (tertiary/aromatic N) is 1. The minimum absolute atomic E-state index is 0.253. The van der Waals surface area contributed by atoms with E-state index in [1.54, 1.807) is 0 Å². The Balaban J connectivity index is 2.41. The molecule has 2 aromatic rings. The molecule has 0 atom stereocenters. The van der Waals surface area contributed by atoms with Crippen molar-refractivity contribution in [2.45, 2.75) is 12.4 Å². The summed E-state index contributed by atoms with van der Waals surface area (Å²) in [6.07, 6.45) is -9.47. The average molecular weight is 351 g/mol. The van der Waals surface area contributed by atoms with Gasteiger partial charge in [-0.25, -0.2) is 0 Å². The minimum atomic E-state index is -4.81. The zero-order valence-electron chi connectivity index (χ0n) is 11.5. The van der Waals surface area contributed by atoms with E-state index in [1.807, 2.05) is 0 Å². The van der Waals surface area contributed by atoms with Crippen LogP contribution in [0.1, 0.15) is 11.1 Å². The van der Waals surface area contributed by atoms with Crippen LogP contribution in [-0.4, -0.2) is 4.92 Å². The first-order valence-electron chi connectivity index (χ1n) is 6.19. The predicted molar refractivity (Wildman–Crippen MR) is 69.6 cm³/mol. The van der Waals surface area contributed by atoms with Gasteiger partial charge in [0.15, 0.2) is 0 Å². The first-order chi connectivity index (χ1) is 11.0. The lowest BCUT2D eigenvalue weighted by Gasteiger charge is -2.11. The van der Waals surface area contributed by atoms with Crippen molar-refractivity contribution in [2.24, 2.45) is 0 Å². The van der Waals surface area contributed by atoms with Crippen molar-refractivity contribution >= 4 is 5.69 Å². The van der Waals surface area contributed by atoms with Gasteiger partial charge >= 0.3 is 18.0 Å². The number of benzene rings is 2. The lowest BCUT2D eigenvalue weighted by atomic mass is 10.1. The molecule has 2 rings (SSSR count). The maximum absolute atomic E-state index is 12.6. The quantitative estimate of drug-likeness (QED) is 0.421. The van der Waals surface area contributed by atoms with Crippen LogP contribution in [0, 0.1) is 10.1 Å². The van der Waals surface area contributed by atoms with Crippen LogP contribution in [0.3, 0.4) is 0 Å². The molecule has 4 nitrogen and oxygen atoms in total. The highest BCUT2D eigenvalue weighted by Crippen LogP contribution is 2.39. The molecule has 0 N–H and O–H groups in total. The largest absolute Gasteiger partial charge is 0.450 e. The summed E-state index contributed by atoms with van der Waals surface area (Å²) in [4.78, 5) is 9.78. The normalized spacial score (nSPS) is 12.1. The Hall–Kier alpha value is -2.78. The number of nitro groups is 1. The Kier molecular flexibility index (Phi) is 4.41. The van der Waals surface area contributed by atoms with E-state index in [-0.39, 0.29) is 6.07 Å². The summed E-state index contributed by atoms with van der Waals surface area (Å²) >= 11 is 0. The zero-order chi connectivity index (χ0) is 18.1. The van der Waals surface area contributed by atoms with E-state index in [1.165, 1.54) is 0 Å². The van der Waals surface area contributed by atoms with Gasteiger partial charge in [0.2, 0.25) is 5.75 Å². The van der Waals surface area contributed by atoms with Crippen molar-refractivity contribution in [3.63, 3.8) is 0 Å². The first kappa shape index (κ1) is 17.6. The summed E-state index contributed by atoms with van der Waals surface area (Å²) in [5.41, 5.74) is -3.35. The third-order valence-corrected chi connectivity index (χ3v) is 2.87. The van der Waals surface area contributed by atoms with Gasteiger partial charge in [-0.1, -0.05) is 6.07 Å². The summed E-state index contributed by atoms with van der Waals surface area (Å²) in [5, 5.41) is 10.9. The third-order valence-electron chi connectivity index (χ3n) is 2.87. The van der Waals surface area contributed by atoms with Crippen molar-refractivity contribution in [3.05, 3.63) is 63.7 Å². The van der Waals surface area contributed by atoms with E-state index < -0.39 is 45.6 Å². The molecular weight excluding hydrogens is 344 g/mol. The Morgan fingerprint density at radius 1 is 0.875 bits per heavy atom. The second kappa shape index (κ2) is 6.02. The van der Waals surface area contributed by atoms with Crippen LogP contribution in [-0.2, 0) is 12.4 Å². The molecule has 0 fully saturated rings. The molecule has 24 heavy (non-hydrogen) atoms. The number of halogens is 6. The van der Waals surface area contributed by atoms with Gasteiger partial charge in [0.25, 0.3) is 0 Å². The number of ether oxygens (including phenoxy) is 1. The highest BCUT2D eigenvalue weighted by molar-refractivity contribution is 5.51. The molecule has 0 amide bonds. The molecule has 0 aliphatic carbocycles. The molecule has 0 unspecified atom stereocenters. The van der Waals surface area contributed by atoms with Crippen molar-refractivity contribution in [1.82, 2.24) is 0 Å². The van der Waals surface area contributed by atoms with E-state index in [0.29, 0.717) is 18.2 Å². The van der Waals surface area contributed by atoms with Crippen LogP contribution in [0.5, 0.6) is 11.5 Å². The van der Waals surface area contributed by atoms with Gasteiger partial charge in [-0.05, 0) is 30.3 Å². The fourth-order valence-corrected chi connectivity index (χ4v) is 1.79. The lowest BCUT2D eigenvalue weighted by molar-refractivity contribution is -0.385. The highest BCUT2D eigenvalue weighted by Gasteiger charge is 2.34. The fraction of sp³-hybridized carbons (Fsp3) is 0.143. The maximum atomic E-state index is 12.6. The van der Waals surface area contributed by atoms with Crippen LogP contribution in [0.15, 0.2) is 42.5 Å². The Labute approximate surface area is 130 Å². The average Bonchev–Trinajstić information content (AvgIpc) is 2.45. The SMILES string of the molecule is O=[N+]([O-])c1cc(C(F)(F)F)ccc1Oc1cccc(C(F)(F)F)c1. The minimum Gasteiger partial charge on any atom is -0.450 e. The molecule has 0 aromatic heterocycles. The second-order valence-electron chi connectivity index (χ2n) is 4.57. The van der Waals surface area contributed by atoms with Crippen molar-refractivity contribution in [3.8, 4) is 11.5 Å². The van der Waals surface area contributed by atoms with Crippen molar-refractivity contribution < 1.29 is 36.0 Å². The number of hydrogen-bond donors (Lipinski definition) is 0. The molecule has 128 valence electrons. The van der Waals surface area contributed by atoms with Crippen molar-refractivity contribution in [1.29, 1.82) is 0 Å². The molecule has 0 saturated heterocycles. The fourth-order valence-electron chi connectivity index (χ4n) is 1.79. The van der Waals surface area contributed by atoms with E-state index in [4.69, 9.17) is 4.74 Å². The number of alkyl halides is 6. The molecule has 0 aliphatic rings. The van der Waals surface area contributed by atoms with E-state index in [9.17, 15) is 36.5 Å². The lowest BCUT2D eigenvalue weighted by Crippen LogP contribution is -2.06. The third kappa shape index (κ3) is 3.94. The smallest absolute Gasteiger partial charge is 0.416 e. The van der Waals surface area contributed by atoms with Gasteiger partial charge < -0.3 is 4.74 Å². The number of hydrogen-bond acceptors (Lipinski definition) is 3. The Morgan fingerprint density at radius 2 is 1.46 bits per heavy atom. The van der Waals surface area contributed by atoms with Gasteiger partial charge in [0.1, 0.15) is 5.75 Å². The Morgan fingerprint density at radius 3 is 2.00 bits per heavy atom. The Bertz CT molecular complexity index is 770. The molecule has 0 heterocycles. The first-order valence-corrected chi connectivity index (χ1v) is 6.19. The summed E-state index contributed by atoms with van der Waals surface area (Å²) in [6, 6.07) is 4.92. The standard InChI is InChI=1S/C14H7F6NO3/c15-13(16,17)8-2-1-3-10(6-8)24-12-5-4-9(14(18,19)20)7-11(12)21(22)23/h1-7H. The van der Waals surface area contributed by atoms with Gasteiger partial charge in [0, 0.05) is 6.07 Å². The topological polar surface area (TPSA) is 52.4 Å². The van der Waals surface area contributed by atoms with E-state index >= 15 is 0 Å². The molecule has 0 bridgehead atoms. The van der Waals surface area contributed by atoms with Gasteiger partial charge in [-0.3, -0.25) is 10.1 Å². The highest BCUT2D eigenvalue weighted by atomic mass is 19.4. The maximum Gasteiger partial charge on any atom is 0.416 e. The van der Waals surface area contributed by atoms with Crippen LogP contribution < -0.4 is 4.74 Å². The molecule has 0 saturated carbocycles. The second-order valence-corrected chi connectivity index (χ2v) is 4.57. The molecule has 0 aliphatic heterocycles. The van der Waals surface area contributed by atoms with Crippen LogP contribution >= 0.6 is 0 Å². The molecule has 10 heteroatoms. The summed E-state index contributed by atoms with van der Waals surface area (Å²) in [5.74, 6) is -1.000. The molecule has 0 radical (unpaired) electrons. The predicted octanol–water partition coefficient (Wildman–Crippen LogP) is 5.42. The summed E-state index contributed by atoms with van der Waals surface area (Å²) < 4.78 is 80.6. The van der Waals surface area contributed by atoms with E-state index in [0.717, 1.165) is 18.2 Å². The molecule has 2 aromatic carbocycles. The number of rotatable bonds is 3. The van der Waals surface area contributed by atoms with E-state index in [2.05, 4.69) is 0 Å². The van der Waals surface area contributed by atoms with Crippen LogP contribution in [0.2, 0.25) is 0 Å². The van der Waals surface area contributed by atoms with Crippen LogP contribution in [0.25, 0.3) is 0 Å². The zero-order valence-corrected chi connectivity index (χ0v) is 11.5. The van der Waals surface area contributed by atoms with Crippen LogP contribution in [0.4, 0.5) is 32.0 Å². The molecule has 0 spiro atoms.